The van der Waals surface area contributed by atoms with Gasteiger partial charge in [0.05, 0.1) is 24.4 Å². The van der Waals surface area contributed by atoms with Crippen molar-refractivity contribution in [3.8, 4) is 11.3 Å². The maximum Gasteiger partial charge on any atom is 0.167 e. The zero-order valence-electron chi connectivity index (χ0n) is 13.7. The second-order valence-electron chi connectivity index (χ2n) is 6.44. The summed E-state index contributed by atoms with van der Waals surface area (Å²) in [5, 5.41) is 8.61. The normalized spacial score (nSPS) is 15.7. The van der Waals surface area contributed by atoms with Gasteiger partial charge in [-0.05, 0) is 11.6 Å². The van der Waals surface area contributed by atoms with Gasteiger partial charge in [-0.3, -0.25) is 0 Å². The average Bonchev–Trinajstić information content (AvgIpc) is 3.08. The molecule has 5 heteroatoms. The molecule has 0 atom stereocenters. The summed E-state index contributed by atoms with van der Waals surface area (Å²) in [7, 11) is 0. The van der Waals surface area contributed by atoms with Crippen molar-refractivity contribution in [1.82, 2.24) is 10.5 Å². The van der Waals surface area contributed by atoms with E-state index in [9.17, 15) is 0 Å². The molecule has 2 heterocycles. The molecule has 0 bridgehead atoms. The van der Waals surface area contributed by atoms with Gasteiger partial charge in [0.25, 0.3) is 0 Å². The fraction of sp³-hybridized carbons (Fsp3) is 0.250. The minimum Gasteiger partial charge on any atom is -0.377 e. The molecule has 128 valence electrons. The highest BCUT2D eigenvalue weighted by Crippen LogP contribution is 2.26. The molecule has 3 aromatic rings. The van der Waals surface area contributed by atoms with Crippen LogP contribution in [0.3, 0.4) is 0 Å². The number of aromatic nitrogens is 1. The molecule has 0 spiro atoms. The summed E-state index contributed by atoms with van der Waals surface area (Å²) in [6.45, 7) is 2.02. The van der Waals surface area contributed by atoms with Crippen molar-refractivity contribution >= 4 is 11.6 Å². The summed E-state index contributed by atoms with van der Waals surface area (Å²) in [5.74, 6) is 0.789. The third-order valence-corrected chi connectivity index (χ3v) is 4.87. The van der Waals surface area contributed by atoms with Gasteiger partial charge < -0.3 is 14.6 Å². The third kappa shape index (κ3) is 3.61. The number of benzene rings is 2. The third-order valence-electron chi connectivity index (χ3n) is 4.51. The highest BCUT2D eigenvalue weighted by Gasteiger charge is 2.39. The van der Waals surface area contributed by atoms with E-state index in [1.165, 1.54) is 0 Å². The van der Waals surface area contributed by atoms with Gasteiger partial charge in [0.1, 0.15) is 0 Å². The van der Waals surface area contributed by atoms with Gasteiger partial charge in [0, 0.05) is 29.6 Å². The van der Waals surface area contributed by atoms with E-state index in [-0.39, 0.29) is 5.54 Å². The molecule has 0 saturated carbocycles. The maximum atomic E-state index is 6.25. The fourth-order valence-electron chi connectivity index (χ4n) is 3.02. The van der Waals surface area contributed by atoms with Crippen molar-refractivity contribution in [2.75, 3.05) is 13.2 Å². The molecule has 1 aliphatic heterocycles. The molecule has 1 N–H and O–H groups in total. The number of halogens is 1. The summed E-state index contributed by atoms with van der Waals surface area (Å²) in [6, 6.07) is 19.9. The molecular formula is C20H19ClN2O2. The first-order valence-electron chi connectivity index (χ1n) is 8.31. The van der Waals surface area contributed by atoms with Gasteiger partial charge >= 0.3 is 0 Å². The van der Waals surface area contributed by atoms with Crippen LogP contribution >= 0.6 is 11.6 Å². The van der Waals surface area contributed by atoms with E-state index in [0.717, 1.165) is 34.0 Å². The zero-order valence-corrected chi connectivity index (χ0v) is 14.5. The Hall–Kier alpha value is -2.14. The van der Waals surface area contributed by atoms with E-state index in [1.807, 2.05) is 60.7 Å². The first-order chi connectivity index (χ1) is 12.2. The van der Waals surface area contributed by atoms with E-state index >= 15 is 0 Å². The lowest BCUT2D eigenvalue weighted by Crippen LogP contribution is -2.61. The van der Waals surface area contributed by atoms with Crippen molar-refractivity contribution < 1.29 is 9.26 Å². The lowest BCUT2D eigenvalue weighted by molar-refractivity contribution is -0.0755. The first-order valence-corrected chi connectivity index (χ1v) is 8.69. The van der Waals surface area contributed by atoms with Crippen LogP contribution in [0.4, 0.5) is 0 Å². The van der Waals surface area contributed by atoms with Gasteiger partial charge in [-0.25, -0.2) is 0 Å². The maximum absolute atomic E-state index is 6.25. The highest BCUT2D eigenvalue weighted by molar-refractivity contribution is 6.31. The van der Waals surface area contributed by atoms with Crippen molar-refractivity contribution in [2.45, 2.75) is 18.5 Å². The van der Waals surface area contributed by atoms with Crippen LogP contribution in [-0.4, -0.2) is 23.9 Å². The van der Waals surface area contributed by atoms with Crippen molar-refractivity contribution in [2.24, 2.45) is 0 Å². The number of hydrogen-bond donors (Lipinski definition) is 1. The lowest BCUT2D eigenvalue weighted by Gasteiger charge is -2.42. The molecular weight excluding hydrogens is 336 g/mol. The molecule has 1 fully saturated rings. The quantitative estimate of drug-likeness (QED) is 0.724. The number of nitrogens with one attached hydrogen (secondary N) is 1. The Morgan fingerprint density at radius 2 is 1.80 bits per heavy atom. The molecule has 0 amide bonds. The Kier molecular flexibility index (Phi) is 4.57. The van der Waals surface area contributed by atoms with E-state index in [0.29, 0.717) is 19.8 Å². The molecule has 0 aliphatic carbocycles. The predicted octanol–water partition coefficient (Wildman–Crippen LogP) is 4.10. The minimum atomic E-state index is -0.121. The van der Waals surface area contributed by atoms with Crippen LogP contribution in [0.5, 0.6) is 0 Å². The summed E-state index contributed by atoms with van der Waals surface area (Å²) in [4.78, 5) is 0. The summed E-state index contributed by atoms with van der Waals surface area (Å²) < 4.78 is 11.0. The van der Waals surface area contributed by atoms with Crippen LogP contribution in [0.1, 0.15) is 11.3 Å². The van der Waals surface area contributed by atoms with Crippen LogP contribution in [-0.2, 0) is 17.7 Å². The number of rotatable bonds is 6. The Balaban J connectivity index is 1.45. The topological polar surface area (TPSA) is 47.3 Å². The molecule has 0 unspecified atom stereocenters. The second kappa shape index (κ2) is 7.00. The monoisotopic (exact) mass is 354 g/mol. The Labute approximate surface area is 151 Å². The molecule has 4 rings (SSSR count). The summed E-state index contributed by atoms with van der Waals surface area (Å²) >= 11 is 6.25. The summed E-state index contributed by atoms with van der Waals surface area (Å²) in [6.07, 6.45) is 0.758. The zero-order chi connectivity index (χ0) is 17.1. The average molecular weight is 355 g/mol. The van der Waals surface area contributed by atoms with E-state index in [1.54, 1.807) is 0 Å². The second-order valence-corrected chi connectivity index (χ2v) is 6.85. The SMILES string of the molecule is Clc1ccccc1CNC1(Cc2cc(-c3ccccc3)on2)COC1. The molecule has 0 radical (unpaired) electrons. The van der Waals surface area contributed by atoms with Crippen LogP contribution in [0.25, 0.3) is 11.3 Å². The van der Waals surface area contributed by atoms with Crippen LogP contribution < -0.4 is 5.32 Å². The van der Waals surface area contributed by atoms with Gasteiger partial charge in [-0.15, -0.1) is 0 Å². The lowest BCUT2D eigenvalue weighted by atomic mass is 9.90. The molecule has 1 saturated heterocycles. The largest absolute Gasteiger partial charge is 0.377 e. The fourth-order valence-corrected chi connectivity index (χ4v) is 3.22. The van der Waals surface area contributed by atoms with E-state index < -0.39 is 0 Å². The molecule has 25 heavy (non-hydrogen) atoms. The van der Waals surface area contributed by atoms with Crippen LogP contribution in [0, 0.1) is 0 Å². The Bertz CT molecular complexity index is 844. The predicted molar refractivity (Wildman–Crippen MR) is 97.5 cm³/mol. The van der Waals surface area contributed by atoms with Gasteiger partial charge in [-0.2, -0.15) is 0 Å². The summed E-state index contributed by atoms with van der Waals surface area (Å²) in [5.41, 5.74) is 2.92. The van der Waals surface area contributed by atoms with E-state index in [4.69, 9.17) is 20.9 Å². The first kappa shape index (κ1) is 16.3. The number of hydrogen-bond acceptors (Lipinski definition) is 4. The number of nitrogens with zero attached hydrogens (tertiary/aromatic N) is 1. The Morgan fingerprint density at radius 3 is 2.52 bits per heavy atom. The molecule has 1 aliphatic rings. The van der Waals surface area contributed by atoms with E-state index in [2.05, 4.69) is 10.5 Å². The minimum absolute atomic E-state index is 0.121. The standard InChI is InChI=1S/C20H19ClN2O2/c21-18-9-5-4-8-16(18)12-22-20(13-24-14-20)11-17-10-19(25-23-17)15-6-2-1-3-7-15/h1-10,22H,11-14H2. The Morgan fingerprint density at radius 1 is 1.04 bits per heavy atom. The molecule has 2 aromatic carbocycles. The van der Waals surface area contributed by atoms with Crippen LogP contribution in [0.2, 0.25) is 5.02 Å². The van der Waals surface area contributed by atoms with Crippen molar-refractivity contribution in [3.05, 3.63) is 76.9 Å². The van der Waals surface area contributed by atoms with Crippen molar-refractivity contribution in [3.63, 3.8) is 0 Å². The number of ether oxygens (including phenoxy) is 1. The highest BCUT2D eigenvalue weighted by atomic mass is 35.5. The molecule has 1 aromatic heterocycles. The smallest absolute Gasteiger partial charge is 0.167 e. The molecule has 4 nitrogen and oxygen atoms in total. The van der Waals surface area contributed by atoms with Gasteiger partial charge in [-0.1, -0.05) is 65.3 Å². The van der Waals surface area contributed by atoms with Gasteiger partial charge in [0.15, 0.2) is 5.76 Å². The van der Waals surface area contributed by atoms with Crippen molar-refractivity contribution in [1.29, 1.82) is 0 Å². The van der Waals surface area contributed by atoms with Crippen LogP contribution in [0.15, 0.2) is 65.2 Å². The van der Waals surface area contributed by atoms with Gasteiger partial charge in [0.2, 0.25) is 0 Å².